The summed E-state index contributed by atoms with van der Waals surface area (Å²) >= 11 is 0. The molecule has 150 valence electrons. The van der Waals surface area contributed by atoms with Gasteiger partial charge in [0.2, 0.25) is 10.0 Å². The number of rotatable bonds is 6. The maximum absolute atomic E-state index is 12.4. The predicted octanol–water partition coefficient (Wildman–Crippen LogP) is 1.80. The molecule has 2 atom stereocenters. The van der Waals surface area contributed by atoms with Gasteiger partial charge in [-0.3, -0.25) is 4.98 Å². The number of hydrogen-bond acceptors (Lipinski definition) is 6. The van der Waals surface area contributed by atoms with Crippen LogP contribution in [0.4, 0.5) is 5.69 Å². The summed E-state index contributed by atoms with van der Waals surface area (Å²) < 4.78 is 27.8. The Morgan fingerprint density at radius 1 is 1.32 bits per heavy atom. The van der Waals surface area contributed by atoms with Gasteiger partial charge in [0.1, 0.15) is 6.07 Å². The summed E-state index contributed by atoms with van der Waals surface area (Å²) in [7, 11) is 0.398. The molecule has 1 saturated heterocycles. The molecule has 3 rings (SSSR count). The van der Waals surface area contributed by atoms with Gasteiger partial charge in [-0.15, -0.1) is 0 Å². The normalized spacial score (nSPS) is 20.5. The van der Waals surface area contributed by atoms with Crippen LogP contribution in [0.15, 0.2) is 30.5 Å². The molecule has 1 aliphatic rings. The Bertz CT molecular complexity index is 984. The minimum Gasteiger partial charge on any atom is -0.369 e. The third-order valence-corrected chi connectivity index (χ3v) is 6.43. The molecule has 0 amide bonds. The van der Waals surface area contributed by atoms with Gasteiger partial charge in [-0.2, -0.15) is 5.26 Å². The van der Waals surface area contributed by atoms with Crippen molar-refractivity contribution < 1.29 is 8.42 Å². The third kappa shape index (κ3) is 4.79. The molecule has 8 heteroatoms. The van der Waals surface area contributed by atoms with Gasteiger partial charge in [-0.1, -0.05) is 6.92 Å². The van der Waals surface area contributed by atoms with E-state index in [0.29, 0.717) is 30.1 Å². The minimum absolute atomic E-state index is 0.0919. The number of nitrogens with zero attached hydrogens (tertiary/aromatic N) is 4. The number of pyridine rings is 1. The van der Waals surface area contributed by atoms with Crippen LogP contribution in [0.2, 0.25) is 0 Å². The summed E-state index contributed by atoms with van der Waals surface area (Å²) in [5.41, 5.74) is 2.22. The second-order valence-electron chi connectivity index (χ2n) is 7.83. The van der Waals surface area contributed by atoms with Crippen molar-refractivity contribution >= 4 is 26.6 Å². The Labute approximate surface area is 167 Å². The van der Waals surface area contributed by atoms with Gasteiger partial charge in [0.25, 0.3) is 0 Å². The smallest absolute Gasteiger partial charge is 0.213 e. The lowest BCUT2D eigenvalue weighted by atomic mass is 9.95. The van der Waals surface area contributed by atoms with Crippen LogP contribution in [-0.4, -0.2) is 63.8 Å². The third-order valence-electron chi connectivity index (χ3n) is 5.02. The highest BCUT2D eigenvalue weighted by atomic mass is 32.2. The molecule has 0 bridgehead atoms. The van der Waals surface area contributed by atoms with Gasteiger partial charge in [0.05, 0.1) is 16.8 Å². The van der Waals surface area contributed by atoms with Gasteiger partial charge in [-0.25, -0.2) is 13.1 Å². The molecular formula is C20H27N5O2S. The van der Waals surface area contributed by atoms with Crippen molar-refractivity contribution in [2.45, 2.75) is 19.4 Å². The monoisotopic (exact) mass is 401 g/mol. The molecular weight excluding hydrogens is 374 g/mol. The van der Waals surface area contributed by atoms with Crippen molar-refractivity contribution in [1.29, 1.82) is 5.26 Å². The van der Waals surface area contributed by atoms with Crippen molar-refractivity contribution in [2.75, 3.05) is 44.4 Å². The van der Waals surface area contributed by atoms with Gasteiger partial charge >= 0.3 is 0 Å². The van der Waals surface area contributed by atoms with Crippen molar-refractivity contribution in [2.24, 2.45) is 5.92 Å². The minimum atomic E-state index is -3.33. The summed E-state index contributed by atoms with van der Waals surface area (Å²) in [6.07, 6.45) is 2.50. The lowest BCUT2D eigenvalue weighted by Gasteiger charge is -2.38. The van der Waals surface area contributed by atoms with Crippen LogP contribution in [-0.2, 0) is 10.0 Å². The average molecular weight is 402 g/mol. The van der Waals surface area contributed by atoms with E-state index in [1.165, 1.54) is 0 Å². The molecule has 1 aromatic carbocycles. The van der Waals surface area contributed by atoms with Crippen molar-refractivity contribution in [1.82, 2.24) is 14.6 Å². The average Bonchev–Trinajstić information content (AvgIpc) is 2.64. The quantitative estimate of drug-likeness (QED) is 0.794. The van der Waals surface area contributed by atoms with E-state index in [1.54, 1.807) is 12.3 Å². The zero-order valence-electron chi connectivity index (χ0n) is 16.6. The molecule has 1 fully saturated rings. The molecule has 2 heterocycles. The first-order valence-electron chi connectivity index (χ1n) is 9.46. The Hall–Kier alpha value is -2.21. The van der Waals surface area contributed by atoms with E-state index in [9.17, 15) is 13.7 Å². The summed E-state index contributed by atoms with van der Waals surface area (Å²) in [5.74, 6) is 0.437. The maximum atomic E-state index is 12.4. The highest BCUT2D eigenvalue weighted by molar-refractivity contribution is 7.89. The van der Waals surface area contributed by atoms with E-state index in [4.69, 9.17) is 0 Å². The van der Waals surface area contributed by atoms with Gasteiger partial charge in [0, 0.05) is 42.9 Å². The number of piperidine rings is 1. The number of anilines is 1. The number of aromatic nitrogens is 1. The molecule has 1 aromatic heterocycles. The fourth-order valence-electron chi connectivity index (χ4n) is 3.77. The first-order chi connectivity index (χ1) is 13.3. The molecule has 0 aliphatic carbocycles. The predicted molar refractivity (Wildman–Crippen MR) is 112 cm³/mol. The number of hydrogen-bond donors (Lipinski definition) is 1. The summed E-state index contributed by atoms with van der Waals surface area (Å²) in [6.45, 7) is 4.07. The zero-order chi connectivity index (χ0) is 20.3. The van der Waals surface area contributed by atoms with Crippen molar-refractivity contribution in [3.8, 4) is 6.07 Å². The van der Waals surface area contributed by atoms with Crippen LogP contribution in [0.5, 0.6) is 0 Å². The lowest BCUT2D eigenvalue weighted by Crippen LogP contribution is -2.51. The summed E-state index contributed by atoms with van der Waals surface area (Å²) in [4.78, 5) is 8.45. The van der Waals surface area contributed by atoms with Gasteiger partial charge in [-0.05, 0) is 50.7 Å². The van der Waals surface area contributed by atoms with E-state index in [-0.39, 0.29) is 11.8 Å². The molecule has 0 saturated carbocycles. The van der Waals surface area contributed by atoms with Crippen LogP contribution in [0, 0.1) is 17.2 Å². The van der Waals surface area contributed by atoms with E-state index >= 15 is 0 Å². The molecule has 2 aromatic rings. The van der Waals surface area contributed by atoms with Crippen molar-refractivity contribution in [3.63, 3.8) is 0 Å². The zero-order valence-corrected chi connectivity index (χ0v) is 17.4. The van der Waals surface area contributed by atoms with Crippen LogP contribution >= 0.6 is 0 Å². The maximum Gasteiger partial charge on any atom is 0.213 e. The fourth-order valence-corrected chi connectivity index (χ4v) is 5.17. The lowest BCUT2D eigenvalue weighted by molar-refractivity contribution is 0.379. The summed E-state index contributed by atoms with van der Waals surface area (Å²) in [5, 5.41) is 10.3. The Morgan fingerprint density at radius 2 is 2.11 bits per heavy atom. The molecule has 28 heavy (non-hydrogen) atoms. The van der Waals surface area contributed by atoms with E-state index in [2.05, 4.69) is 27.6 Å². The second-order valence-corrected chi connectivity index (χ2v) is 9.70. The highest BCUT2D eigenvalue weighted by Crippen LogP contribution is 2.31. The van der Waals surface area contributed by atoms with Crippen LogP contribution in [0.3, 0.4) is 0 Å². The molecule has 0 unspecified atom stereocenters. The number of fused-ring (bicyclic) bond motifs is 1. The molecule has 0 spiro atoms. The van der Waals surface area contributed by atoms with Crippen molar-refractivity contribution in [3.05, 3.63) is 36.0 Å². The second kappa shape index (κ2) is 8.43. The van der Waals surface area contributed by atoms with Crippen LogP contribution < -0.4 is 9.62 Å². The van der Waals surface area contributed by atoms with E-state index in [1.807, 2.05) is 37.2 Å². The topological polar surface area (TPSA) is 89.3 Å². The first-order valence-corrected chi connectivity index (χ1v) is 11.1. The van der Waals surface area contributed by atoms with Crippen LogP contribution in [0.1, 0.15) is 18.9 Å². The SMILES string of the molecule is C[C@H]1C[C@@H](NS(=O)(=O)CCN(C)C)CN(c2ccc(C#N)c3ncccc23)C1. The molecule has 0 radical (unpaired) electrons. The number of benzene rings is 1. The van der Waals surface area contributed by atoms with E-state index < -0.39 is 10.0 Å². The number of sulfonamides is 1. The molecule has 7 nitrogen and oxygen atoms in total. The Balaban J connectivity index is 1.84. The standard InChI is InChI=1S/C20H27N5O2S/c1-15-11-17(23-28(26,27)10-9-24(2)3)14-25(13-15)19-7-6-16(12-21)20-18(19)5-4-8-22-20/h4-8,15,17,23H,9-11,13-14H2,1-3H3/t15-,17+/m0/s1. The van der Waals surface area contributed by atoms with Gasteiger partial charge in [0.15, 0.2) is 0 Å². The highest BCUT2D eigenvalue weighted by Gasteiger charge is 2.29. The molecule has 1 aliphatic heterocycles. The van der Waals surface area contributed by atoms with Gasteiger partial charge < -0.3 is 9.80 Å². The number of nitrogens with one attached hydrogen (secondary N) is 1. The number of nitriles is 1. The largest absolute Gasteiger partial charge is 0.369 e. The summed E-state index contributed by atoms with van der Waals surface area (Å²) in [6, 6.07) is 9.62. The fraction of sp³-hybridized carbons (Fsp3) is 0.500. The Kier molecular flexibility index (Phi) is 6.18. The molecule has 1 N–H and O–H groups in total. The first kappa shape index (κ1) is 20.5. The van der Waals surface area contributed by atoms with E-state index in [0.717, 1.165) is 24.0 Å². The Morgan fingerprint density at radius 3 is 2.82 bits per heavy atom. The van der Waals surface area contributed by atoms with Crippen LogP contribution in [0.25, 0.3) is 10.9 Å².